The molecule has 5 heteroatoms. The predicted molar refractivity (Wildman–Crippen MR) is 113 cm³/mol. The predicted octanol–water partition coefficient (Wildman–Crippen LogP) is 3.61. The molecule has 0 radical (unpaired) electrons. The van der Waals surface area contributed by atoms with Gasteiger partial charge < -0.3 is 15.0 Å². The van der Waals surface area contributed by atoms with Crippen LogP contribution in [0.15, 0.2) is 48.5 Å². The number of likely N-dealkylation sites (tertiary alicyclic amines) is 1. The minimum atomic E-state index is 0.0538. The summed E-state index contributed by atoms with van der Waals surface area (Å²) in [6, 6.07) is 17.2. The third-order valence-electron chi connectivity index (χ3n) is 5.70. The first-order chi connectivity index (χ1) is 13.7. The summed E-state index contributed by atoms with van der Waals surface area (Å²) in [6.45, 7) is 6.90. The van der Waals surface area contributed by atoms with Gasteiger partial charge in [-0.15, -0.1) is 0 Å². The number of nitrogens with one attached hydrogen (secondary N) is 1. The molecule has 2 aromatic carbocycles. The van der Waals surface area contributed by atoms with E-state index >= 15 is 0 Å². The van der Waals surface area contributed by atoms with E-state index in [1.807, 2.05) is 12.1 Å². The Morgan fingerprint density at radius 1 is 1.04 bits per heavy atom. The number of hydrogen-bond donors (Lipinski definition) is 1. The molecule has 2 aliphatic heterocycles. The van der Waals surface area contributed by atoms with Gasteiger partial charge in [0.1, 0.15) is 0 Å². The molecule has 148 valence electrons. The standard InChI is InChI=1S/C23H29N3O2/c1-18-4-6-19(7-5-18)22-3-2-12-26(22)17-23(27)24-20-8-10-21(11-9-20)25-13-15-28-16-14-25/h4-11,22H,2-3,12-17H2,1H3,(H,24,27). The number of ether oxygens (including phenoxy) is 1. The molecule has 0 spiro atoms. The normalized spacial score (nSPS) is 20.3. The number of morpholine rings is 1. The molecule has 28 heavy (non-hydrogen) atoms. The Balaban J connectivity index is 1.34. The highest BCUT2D eigenvalue weighted by Gasteiger charge is 2.27. The Hall–Kier alpha value is -2.37. The molecule has 1 unspecified atom stereocenters. The third-order valence-corrected chi connectivity index (χ3v) is 5.70. The molecule has 4 rings (SSSR count). The number of anilines is 2. The lowest BCUT2D eigenvalue weighted by molar-refractivity contribution is -0.117. The first kappa shape index (κ1) is 19.0. The molecule has 2 aromatic rings. The maximum Gasteiger partial charge on any atom is 0.238 e. The second kappa shape index (κ2) is 8.76. The van der Waals surface area contributed by atoms with Crippen LogP contribution in [-0.2, 0) is 9.53 Å². The summed E-state index contributed by atoms with van der Waals surface area (Å²) in [5.74, 6) is 0.0538. The zero-order chi connectivity index (χ0) is 19.3. The summed E-state index contributed by atoms with van der Waals surface area (Å²) in [5, 5.41) is 3.06. The van der Waals surface area contributed by atoms with Crippen LogP contribution in [0.2, 0.25) is 0 Å². The zero-order valence-electron chi connectivity index (χ0n) is 16.6. The van der Waals surface area contributed by atoms with Crippen molar-refractivity contribution in [3.8, 4) is 0 Å². The average Bonchev–Trinajstić information content (AvgIpc) is 3.18. The van der Waals surface area contributed by atoms with Crippen LogP contribution in [0.1, 0.15) is 30.0 Å². The van der Waals surface area contributed by atoms with E-state index in [9.17, 15) is 4.79 Å². The lowest BCUT2D eigenvalue weighted by atomic mass is 10.0. The molecule has 5 nitrogen and oxygen atoms in total. The molecule has 0 saturated carbocycles. The summed E-state index contributed by atoms with van der Waals surface area (Å²) in [5.41, 5.74) is 4.62. The lowest BCUT2D eigenvalue weighted by Gasteiger charge is -2.29. The molecule has 2 heterocycles. The van der Waals surface area contributed by atoms with Crippen molar-refractivity contribution < 1.29 is 9.53 Å². The highest BCUT2D eigenvalue weighted by molar-refractivity contribution is 5.92. The number of benzene rings is 2. The fraction of sp³-hybridized carbons (Fsp3) is 0.435. The maximum absolute atomic E-state index is 12.6. The molecule has 2 fully saturated rings. The first-order valence-corrected chi connectivity index (χ1v) is 10.2. The van der Waals surface area contributed by atoms with Gasteiger partial charge in [-0.1, -0.05) is 29.8 Å². The van der Waals surface area contributed by atoms with E-state index < -0.39 is 0 Å². The first-order valence-electron chi connectivity index (χ1n) is 10.2. The summed E-state index contributed by atoms with van der Waals surface area (Å²) in [7, 11) is 0. The quantitative estimate of drug-likeness (QED) is 0.862. The fourth-order valence-electron chi connectivity index (χ4n) is 4.14. The minimum Gasteiger partial charge on any atom is -0.378 e. The van der Waals surface area contributed by atoms with E-state index in [2.05, 4.69) is 58.4 Å². The van der Waals surface area contributed by atoms with Gasteiger partial charge in [-0.25, -0.2) is 0 Å². The van der Waals surface area contributed by atoms with Crippen LogP contribution in [0.5, 0.6) is 0 Å². The molecule has 1 atom stereocenters. The maximum atomic E-state index is 12.6. The van der Waals surface area contributed by atoms with Crippen LogP contribution in [0.3, 0.4) is 0 Å². The lowest BCUT2D eigenvalue weighted by Crippen LogP contribution is -2.36. The van der Waals surface area contributed by atoms with Crippen molar-refractivity contribution in [1.29, 1.82) is 0 Å². The topological polar surface area (TPSA) is 44.8 Å². The van der Waals surface area contributed by atoms with Crippen LogP contribution >= 0.6 is 0 Å². The number of nitrogens with zero attached hydrogens (tertiary/aromatic N) is 2. The van der Waals surface area contributed by atoms with Gasteiger partial charge in [0.15, 0.2) is 0 Å². The zero-order valence-corrected chi connectivity index (χ0v) is 16.6. The van der Waals surface area contributed by atoms with E-state index in [0.29, 0.717) is 12.6 Å². The molecule has 1 N–H and O–H groups in total. The molecule has 2 saturated heterocycles. The van der Waals surface area contributed by atoms with Crippen molar-refractivity contribution >= 4 is 17.3 Å². The van der Waals surface area contributed by atoms with Crippen molar-refractivity contribution in [2.75, 3.05) is 49.6 Å². The number of carbonyl (C=O) groups is 1. The van der Waals surface area contributed by atoms with Crippen LogP contribution in [0.4, 0.5) is 11.4 Å². The van der Waals surface area contributed by atoms with Crippen molar-refractivity contribution in [2.24, 2.45) is 0 Å². The second-order valence-corrected chi connectivity index (χ2v) is 7.73. The summed E-state index contributed by atoms with van der Waals surface area (Å²) in [6.07, 6.45) is 2.25. The van der Waals surface area contributed by atoms with E-state index in [1.54, 1.807) is 0 Å². The third kappa shape index (κ3) is 4.54. The van der Waals surface area contributed by atoms with Crippen molar-refractivity contribution in [1.82, 2.24) is 4.90 Å². The molecular formula is C23H29N3O2. The largest absolute Gasteiger partial charge is 0.378 e. The molecule has 0 bridgehead atoms. The number of aryl methyl sites for hydroxylation is 1. The fourth-order valence-corrected chi connectivity index (χ4v) is 4.14. The van der Waals surface area contributed by atoms with Crippen molar-refractivity contribution in [3.63, 3.8) is 0 Å². The van der Waals surface area contributed by atoms with Gasteiger partial charge >= 0.3 is 0 Å². The minimum absolute atomic E-state index is 0.0538. The van der Waals surface area contributed by atoms with Crippen LogP contribution in [0, 0.1) is 6.92 Å². The Labute approximate surface area is 167 Å². The van der Waals surface area contributed by atoms with Gasteiger partial charge in [0, 0.05) is 30.5 Å². The Morgan fingerprint density at radius 2 is 1.75 bits per heavy atom. The van der Waals surface area contributed by atoms with Gasteiger partial charge in [0.25, 0.3) is 0 Å². The SMILES string of the molecule is Cc1ccc(C2CCCN2CC(=O)Nc2ccc(N3CCOCC3)cc2)cc1. The van der Waals surface area contributed by atoms with Crippen LogP contribution in [0.25, 0.3) is 0 Å². The van der Waals surface area contributed by atoms with Crippen molar-refractivity contribution in [2.45, 2.75) is 25.8 Å². The van der Waals surface area contributed by atoms with Crippen LogP contribution < -0.4 is 10.2 Å². The highest BCUT2D eigenvalue weighted by atomic mass is 16.5. The van der Waals surface area contributed by atoms with Gasteiger partial charge in [-0.3, -0.25) is 9.69 Å². The smallest absolute Gasteiger partial charge is 0.238 e. The second-order valence-electron chi connectivity index (χ2n) is 7.73. The van der Waals surface area contributed by atoms with E-state index in [0.717, 1.165) is 51.4 Å². The van der Waals surface area contributed by atoms with E-state index in [4.69, 9.17) is 4.74 Å². The molecule has 1 amide bonds. The number of carbonyl (C=O) groups excluding carboxylic acids is 1. The van der Waals surface area contributed by atoms with Gasteiger partial charge in [-0.05, 0) is 56.1 Å². The molecular weight excluding hydrogens is 350 g/mol. The van der Waals surface area contributed by atoms with Crippen molar-refractivity contribution in [3.05, 3.63) is 59.7 Å². The van der Waals surface area contributed by atoms with E-state index in [1.165, 1.54) is 16.8 Å². The van der Waals surface area contributed by atoms with Gasteiger partial charge in [0.05, 0.1) is 19.8 Å². The number of hydrogen-bond acceptors (Lipinski definition) is 4. The van der Waals surface area contributed by atoms with Gasteiger partial charge in [-0.2, -0.15) is 0 Å². The molecule has 0 aromatic heterocycles. The summed E-state index contributed by atoms with van der Waals surface area (Å²) >= 11 is 0. The Bertz CT molecular complexity index is 782. The summed E-state index contributed by atoms with van der Waals surface area (Å²) in [4.78, 5) is 17.2. The number of rotatable bonds is 5. The molecule has 0 aliphatic carbocycles. The van der Waals surface area contributed by atoms with E-state index in [-0.39, 0.29) is 5.91 Å². The van der Waals surface area contributed by atoms with Gasteiger partial charge in [0.2, 0.25) is 5.91 Å². The Kier molecular flexibility index (Phi) is 5.93. The highest BCUT2D eigenvalue weighted by Crippen LogP contribution is 2.31. The van der Waals surface area contributed by atoms with Crippen LogP contribution in [-0.4, -0.2) is 50.2 Å². The summed E-state index contributed by atoms with van der Waals surface area (Å²) < 4.78 is 5.40. The monoisotopic (exact) mass is 379 g/mol. The Morgan fingerprint density at radius 3 is 2.46 bits per heavy atom. The average molecular weight is 380 g/mol. The molecule has 2 aliphatic rings. The number of amides is 1.